The molecule has 3 aromatic rings. The fourth-order valence-electron chi connectivity index (χ4n) is 4.40. The zero-order chi connectivity index (χ0) is 22.8. The van der Waals surface area contributed by atoms with Crippen LogP contribution in [0, 0.1) is 24.4 Å². The van der Waals surface area contributed by atoms with Crippen LogP contribution in [0.2, 0.25) is 13.1 Å². The minimum absolute atomic E-state index is 0.216. The number of nitrogens with two attached hydrogens (primary N) is 1. The topological polar surface area (TPSA) is 63.3 Å². The molecule has 3 N–H and O–H groups in total. The van der Waals surface area contributed by atoms with Crippen LogP contribution < -0.4 is 26.5 Å². The summed E-state index contributed by atoms with van der Waals surface area (Å²) < 4.78 is 44.5. The molecule has 0 aliphatic carbocycles. The van der Waals surface area contributed by atoms with Crippen LogP contribution in [0.4, 0.5) is 18.9 Å². The molecule has 3 nitrogen and oxygen atoms in total. The summed E-state index contributed by atoms with van der Waals surface area (Å²) in [4.78, 5) is 12.0. The van der Waals surface area contributed by atoms with E-state index in [0.717, 1.165) is 22.5 Å². The Balaban J connectivity index is 2.34. The van der Waals surface area contributed by atoms with Gasteiger partial charge in [-0.15, -0.1) is 0 Å². The molecule has 4 rings (SSSR count). The summed E-state index contributed by atoms with van der Waals surface area (Å²) in [7, 11) is -2.35. The molecule has 7 heteroatoms. The van der Waals surface area contributed by atoms with Crippen molar-refractivity contribution >= 4 is 42.3 Å². The molecule has 0 spiro atoms. The maximum atomic E-state index is 15.5. The molecule has 0 bridgehead atoms. The Labute approximate surface area is 178 Å². The number of hydrogen-bond acceptors (Lipinski definition) is 2. The van der Waals surface area contributed by atoms with Crippen LogP contribution in [-0.2, 0) is 0 Å². The molecule has 0 saturated heterocycles. The van der Waals surface area contributed by atoms with E-state index >= 15 is 4.39 Å². The highest BCUT2D eigenvalue weighted by molar-refractivity contribution is 7.01. The van der Waals surface area contributed by atoms with Crippen molar-refractivity contribution in [2.45, 2.75) is 20.0 Å². The lowest BCUT2D eigenvalue weighted by Gasteiger charge is -2.33. The maximum absolute atomic E-state index is 15.5. The summed E-state index contributed by atoms with van der Waals surface area (Å²) >= 11 is 0. The quantitative estimate of drug-likeness (QED) is 0.366. The van der Waals surface area contributed by atoms with E-state index in [0.29, 0.717) is 16.5 Å². The summed E-state index contributed by atoms with van der Waals surface area (Å²) in [5.74, 6) is -5.92. The Bertz CT molecular complexity index is 1410. The van der Waals surface area contributed by atoms with E-state index in [4.69, 9.17) is 5.73 Å². The van der Waals surface area contributed by atoms with Crippen LogP contribution in [0.1, 0.15) is 27.0 Å². The average molecular weight is 440 g/mol. The van der Waals surface area contributed by atoms with Gasteiger partial charge in [-0.3, -0.25) is 0 Å². The number of halogens is 3. The van der Waals surface area contributed by atoms with E-state index in [-0.39, 0.29) is 5.57 Å². The van der Waals surface area contributed by atoms with E-state index in [1.165, 1.54) is 0 Å². The smallest absolute Gasteiger partial charge is 0.339 e. The van der Waals surface area contributed by atoms with Gasteiger partial charge >= 0.3 is 5.97 Å². The van der Waals surface area contributed by atoms with Crippen molar-refractivity contribution in [2.24, 2.45) is 0 Å². The summed E-state index contributed by atoms with van der Waals surface area (Å²) in [6.07, 6.45) is 0. The Kier molecular flexibility index (Phi) is 4.62. The van der Waals surface area contributed by atoms with Crippen LogP contribution in [0.5, 0.6) is 0 Å². The first-order valence-corrected chi connectivity index (χ1v) is 12.6. The van der Waals surface area contributed by atoms with Gasteiger partial charge in [0, 0.05) is 16.8 Å². The average Bonchev–Trinajstić information content (AvgIpc) is 2.70. The molecular weight excluding hydrogens is 419 g/mol. The minimum Gasteiger partial charge on any atom is -0.478 e. The third kappa shape index (κ3) is 2.91. The molecule has 3 aromatic carbocycles. The summed E-state index contributed by atoms with van der Waals surface area (Å²) in [6.45, 7) is 9.28. The SMILES string of the molecule is C=c1ccc2c(c1)[Si](C)(C)c1cc(N)ccc1C=2c1c(F)c(C)c(F)c(F)c1C(=O)O. The highest BCUT2D eigenvalue weighted by Gasteiger charge is 2.38. The molecule has 158 valence electrons. The Hall–Kier alpha value is -3.32. The van der Waals surface area contributed by atoms with Gasteiger partial charge in [-0.25, -0.2) is 18.0 Å². The first-order valence-electron chi connectivity index (χ1n) is 9.61. The largest absolute Gasteiger partial charge is 0.478 e. The molecule has 0 fully saturated rings. The Morgan fingerprint density at radius 1 is 1.00 bits per heavy atom. The molecule has 0 amide bonds. The molecule has 0 atom stereocenters. The molecule has 0 radical (unpaired) electrons. The second-order valence-corrected chi connectivity index (χ2v) is 12.6. The molecule has 31 heavy (non-hydrogen) atoms. The lowest BCUT2D eigenvalue weighted by atomic mass is 9.88. The van der Waals surface area contributed by atoms with Gasteiger partial charge in [0.25, 0.3) is 0 Å². The highest BCUT2D eigenvalue weighted by Crippen LogP contribution is 2.34. The van der Waals surface area contributed by atoms with Crippen molar-refractivity contribution in [3.8, 4) is 0 Å². The van der Waals surface area contributed by atoms with E-state index < -0.39 is 48.2 Å². The zero-order valence-corrected chi connectivity index (χ0v) is 18.2. The number of nitrogen functional groups attached to an aromatic ring is 1. The predicted octanol–water partition coefficient (Wildman–Crippen LogP) is 2.49. The number of carboxylic acid groups (broad SMARTS) is 1. The fraction of sp³-hybridized carbons (Fsp3) is 0.125. The van der Waals surface area contributed by atoms with Crippen LogP contribution in [-0.4, -0.2) is 19.1 Å². The van der Waals surface area contributed by atoms with Crippen molar-refractivity contribution in [1.82, 2.24) is 0 Å². The first-order chi connectivity index (χ1) is 14.5. The second kappa shape index (κ2) is 6.85. The normalized spacial score (nSPS) is 14.2. The van der Waals surface area contributed by atoms with Gasteiger partial charge in [-0.1, -0.05) is 43.9 Å². The molecule has 0 saturated carbocycles. The van der Waals surface area contributed by atoms with E-state index in [1.54, 1.807) is 30.3 Å². The number of aromatic carboxylic acids is 1. The molecule has 0 unspecified atom stereocenters. The van der Waals surface area contributed by atoms with Gasteiger partial charge in [-0.05, 0) is 51.0 Å². The Morgan fingerprint density at radius 3 is 2.32 bits per heavy atom. The van der Waals surface area contributed by atoms with Gasteiger partial charge in [0.1, 0.15) is 19.5 Å². The molecule has 1 aliphatic rings. The van der Waals surface area contributed by atoms with E-state index in [1.807, 2.05) is 6.07 Å². The lowest BCUT2D eigenvalue weighted by Crippen LogP contribution is -2.63. The summed E-state index contributed by atoms with van der Waals surface area (Å²) in [5, 5.41) is 12.8. The van der Waals surface area contributed by atoms with Gasteiger partial charge in [0.15, 0.2) is 11.6 Å². The predicted molar refractivity (Wildman–Crippen MR) is 118 cm³/mol. The number of carbonyl (C=O) groups is 1. The lowest BCUT2D eigenvalue weighted by molar-refractivity contribution is 0.0689. The van der Waals surface area contributed by atoms with Gasteiger partial charge in [-0.2, -0.15) is 0 Å². The van der Waals surface area contributed by atoms with Crippen molar-refractivity contribution in [1.29, 1.82) is 0 Å². The standard InChI is InChI=1S/C24H20F3NO2Si/c1-11-5-7-14-16(9-11)31(3,4)17-10-13(28)6-8-15(17)18(14)19-20(24(29)30)23(27)22(26)12(2)21(19)25/h5-10H,1,28H2,2-4H3,(H,29,30). The van der Waals surface area contributed by atoms with Crippen molar-refractivity contribution in [2.75, 3.05) is 5.73 Å². The zero-order valence-electron chi connectivity index (χ0n) is 17.2. The number of benzene rings is 3. The number of hydrogen-bond donors (Lipinski definition) is 2. The summed E-state index contributed by atoms with van der Waals surface area (Å²) in [5.41, 5.74) is 5.28. The van der Waals surface area contributed by atoms with Crippen molar-refractivity contribution < 1.29 is 23.1 Å². The summed E-state index contributed by atoms with van der Waals surface area (Å²) in [6, 6.07) is 10.5. The van der Waals surface area contributed by atoms with Gasteiger partial charge in [0.05, 0.1) is 0 Å². The fourth-order valence-corrected chi connectivity index (χ4v) is 7.52. The third-order valence-corrected chi connectivity index (χ3v) is 9.54. The van der Waals surface area contributed by atoms with E-state index in [2.05, 4.69) is 19.7 Å². The second-order valence-electron chi connectivity index (χ2n) is 8.31. The van der Waals surface area contributed by atoms with Gasteiger partial charge in [0.2, 0.25) is 0 Å². The number of rotatable bonds is 2. The van der Waals surface area contributed by atoms with Crippen LogP contribution in [0.3, 0.4) is 0 Å². The minimum atomic E-state index is -2.35. The van der Waals surface area contributed by atoms with Gasteiger partial charge < -0.3 is 10.8 Å². The molecule has 1 heterocycles. The molecule has 0 aromatic heterocycles. The van der Waals surface area contributed by atoms with Crippen molar-refractivity contribution in [3.63, 3.8) is 0 Å². The van der Waals surface area contributed by atoms with Crippen LogP contribution in [0.25, 0.3) is 12.2 Å². The monoisotopic (exact) mass is 439 g/mol. The third-order valence-electron chi connectivity index (χ3n) is 6.02. The number of anilines is 1. The van der Waals surface area contributed by atoms with Crippen molar-refractivity contribution in [3.05, 3.63) is 86.5 Å². The maximum Gasteiger partial charge on any atom is 0.339 e. The van der Waals surface area contributed by atoms with Crippen LogP contribution >= 0.6 is 0 Å². The molecule has 1 aliphatic heterocycles. The first kappa shape index (κ1) is 20.9. The number of carboxylic acids is 1. The molecular formula is C24H20F3NO2Si. The van der Waals surface area contributed by atoms with E-state index in [9.17, 15) is 18.7 Å². The van der Waals surface area contributed by atoms with Crippen LogP contribution in [0.15, 0.2) is 36.4 Å². The highest BCUT2D eigenvalue weighted by atomic mass is 28.3. The Morgan fingerprint density at radius 2 is 1.68 bits per heavy atom. The number of fused-ring (bicyclic) bond motifs is 2.